The molecule has 0 aliphatic rings. The molecule has 1 aromatic carbocycles. The summed E-state index contributed by atoms with van der Waals surface area (Å²) in [5, 5.41) is 9.94. The second kappa shape index (κ2) is 3.87. The number of aliphatic hydroxyl groups is 1. The predicted molar refractivity (Wildman–Crippen MR) is 53.9 cm³/mol. The van der Waals surface area contributed by atoms with Gasteiger partial charge in [0.2, 0.25) is 0 Å². The second-order valence-corrected chi connectivity index (χ2v) is 3.42. The zero-order valence-electron chi connectivity index (χ0n) is 8.27. The van der Waals surface area contributed by atoms with E-state index in [-0.39, 0.29) is 5.82 Å². The Morgan fingerprint density at radius 1 is 1.33 bits per heavy atom. The molecule has 1 atom stereocenters. The van der Waals surface area contributed by atoms with Gasteiger partial charge in [0.05, 0.1) is 6.26 Å². The van der Waals surface area contributed by atoms with E-state index in [1.807, 2.05) is 0 Å². The summed E-state index contributed by atoms with van der Waals surface area (Å²) in [5.74, 6) is 0.160. The maximum atomic E-state index is 12.8. The van der Waals surface area contributed by atoms with Crippen LogP contribution in [0.5, 0.6) is 0 Å². The molecule has 0 radical (unpaired) electrons. The van der Waals surface area contributed by atoms with E-state index in [2.05, 4.69) is 0 Å². The first-order valence-corrected chi connectivity index (χ1v) is 4.66. The van der Waals surface area contributed by atoms with Crippen LogP contribution in [0.1, 0.15) is 23.0 Å². The smallest absolute Gasteiger partial charge is 0.137 e. The topological polar surface area (TPSA) is 33.4 Å². The summed E-state index contributed by atoms with van der Waals surface area (Å²) >= 11 is 0. The van der Waals surface area contributed by atoms with Crippen molar-refractivity contribution in [3.05, 3.63) is 59.3 Å². The molecule has 1 aromatic heterocycles. The molecule has 0 saturated carbocycles. The third-order valence-corrected chi connectivity index (χ3v) is 2.34. The third-order valence-electron chi connectivity index (χ3n) is 2.34. The average molecular weight is 206 g/mol. The Hall–Kier alpha value is -1.61. The van der Waals surface area contributed by atoms with Gasteiger partial charge in [0.1, 0.15) is 17.7 Å². The zero-order valence-corrected chi connectivity index (χ0v) is 8.27. The number of aliphatic hydroxyl groups excluding tert-OH is 1. The van der Waals surface area contributed by atoms with Crippen LogP contribution in [0.15, 0.2) is 41.0 Å². The van der Waals surface area contributed by atoms with Crippen LogP contribution in [-0.2, 0) is 0 Å². The normalized spacial score (nSPS) is 12.7. The number of rotatable bonds is 2. The molecule has 0 aliphatic heterocycles. The molecule has 0 saturated heterocycles. The summed E-state index contributed by atoms with van der Waals surface area (Å²) < 4.78 is 17.9. The van der Waals surface area contributed by atoms with Crippen LogP contribution in [0.4, 0.5) is 4.39 Å². The zero-order chi connectivity index (χ0) is 10.8. The molecule has 1 heterocycles. The van der Waals surface area contributed by atoms with Gasteiger partial charge in [-0.05, 0) is 42.3 Å². The van der Waals surface area contributed by atoms with E-state index >= 15 is 0 Å². The van der Waals surface area contributed by atoms with Crippen LogP contribution in [0.25, 0.3) is 0 Å². The number of halogens is 1. The number of benzene rings is 1. The van der Waals surface area contributed by atoms with Crippen molar-refractivity contribution >= 4 is 0 Å². The highest BCUT2D eigenvalue weighted by molar-refractivity contribution is 5.32. The van der Waals surface area contributed by atoms with Gasteiger partial charge < -0.3 is 9.52 Å². The molecule has 2 aromatic rings. The first-order chi connectivity index (χ1) is 7.18. The Morgan fingerprint density at radius 2 is 2.13 bits per heavy atom. The van der Waals surface area contributed by atoms with Crippen molar-refractivity contribution in [1.29, 1.82) is 0 Å². The van der Waals surface area contributed by atoms with Crippen molar-refractivity contribution in [1.82, 2.24) is 0 Å². The Bertz CT molecular complexity index is 449. The molecule has 0 aliphatic carbocycles. The lowest BCUT2D eigenvalue weighted by molar-refractivity contribution is 0.188. The molecule has 0 fully saturated rings. The fraction of sp³-hybridized carbons (Fsp3) is 0.167. The Balaban J connectivity index is 2.38. The molecule has 0 amide bonds. The first kappa shape index (κ1) is 9.93. The molecular formula is C12H11FO2. The van der Waals surface area contributed by atoms with E-state index in [1.54, 1.807) is 25.1 Å². The largest absolute Gasteiger partial charge is 0.466 e. The van der Waals surface area contributed by atoms with Gasteiger partial charge in [-0.25, -0.2) is 4.39 Å². The summed E-state index contributed by atoms with van der Waals surface area (Å²) in [6.45, 7) is 1.75. The first-order valence-electron chi connectivity index (χ1n) is 4.66. The van der Waals surface area contributed by atoms with Gasteiger partial charge in [-0.15, -0.1) is 0 Å². The molecule has 1 N–H and O–H groups in total. The monoisotopic (exact) mass is 206 g/mol. The van der Waals surface area contributed by atoms with Gasteiger partial charge in [0, 0.05) is 0 Å². The van der Waals surface area contributed by atoms with E-state index in [9.17, 15) is 9.50 Å². The van der Waals surface area contributed by atoms with E-state index in [0.29, 0.717) is 16.9 Å². The molecule has 3 heteroatoms. The van der Waals surface area contributed by atoms with E-state index in [0.717, 1.165) is 0 Å². The maximum Gasteiger partial charge on any atom is 0.137 e. The molecule has 0 spiro atoms. The van der Waals surface area contributed by atoms with Crippen LogP contribution in [0, 0.1) is 12.7 Å². The van der Waals surface area contributed by atoms with Gasteiger partial charge in [-0.3, -0.25) is 0 Å². The number of hydrogen-bond acceptors (Lipinski definition) is 2. The Kier molecular flexibility index (Phi) is 2.56. The molecule has 0 bridgehead atoms. The molecular weight excluding hydrogens is 195 g/mol. The highest BCUT2D eigenvalue weighted by atomic mass is 19.1. The van der Waals surface area contributed by atoms with Crippen molar-refractivity contribution in [3.8, 4) is 0 Å². The van der Waals surface area contributed by atoms with Crippen molar-refractivity contribution in [2.24, 2.45) is 0 Å². The van der Waals surface area contributed by atoms with Crippen LogP contribution >= 0.6 is 0 Å². The maximum absolute atomic E-state index is 12.8. The lowest BCUT2D eigenvalue weighted by Gasteiger charge is -2.11. The minimum Gasteiger partial charge on any atom is -0.466 e. The molecule has 15 heavy (non-hydrogen) atoms. The van der Waals surface area contributed by atoms with E-state index in [1.165, 1.54) is 18.4 Å². The van der Waals surface area contributed by atoms with Crippen LogP contribution in [-0.4, -0.2) is 5.11 Å². The molecule has 2 rings (SSSR count). The summed E-state index contributed by atoms with van der Waals surface area (Å²) in [6, 6.07) is 7.68. The van der Waals surface area contributed by atoms with Crippen LogP contribution in [0.3, 0.4) is 0 Å². The molecule has 78 valence electrons. The van der Waals surface area contributed by atoms with Crippen molar-refractivity contribution in [2.75, 3.05) is 0 Å². The fourth-order valence-corrected chi connectivity index (χ4v) is 1.55. The fourth-order valence-electron chi connectivity index (χ4n) is 1.55. The molecule has 2 nitrogen and oxygen atoms in total. The van der Waals surface area contributed by atoms with Gasteiger partial charge >= 0.3 is 0 Å². The predicted octanol–water partition coefficient (Wildman–Crippen LogP) is 2.81. The van der Waals surface area contributed by atoms with E-state index < -0.39 is 6.10 Å². The summed E-state index contributed by atoms with van der Waals surface area (Å²) in [6.07, 6.45) is 0.665. The average Bonchev–Trinajstić information content (AvgIpc) is 2.69. The molecule has 1 unspecified atom stereocenters. The third kappa shape index (κ3) is 1.92. The van der Waals surface area contributed by atoms with Gasteiger partial charge in [-0.2, -0.15) is 0 Å². The number of furan rings is 1. The van der Waals surface area contributed by atoms with Gasteiger partial charge in [0.25, 0.3) is 0 Å². The van der Waals surface area contributed by atoms with Crippen molar-refractivity contribution in [2.45, 2.75) is 13.0 Å². The number of hydrogen-bond donors (Lipinski definition) is 1. The van der Waals surface area contributed by atoms with Gasteiger partial charge in [0.15, 0.2) is 0 Å². The lowest BCUT2D eigenvalue weighted by atomic mass is 10.0. The number of aryl methyl sites for hydroxylation is 1. The minimum absolute atomic E-state index is 0.303. The SMILES string of the molecule is Cc1cc(F)ccc1C(O)c1ccco1. The van der Waals surface area contributed by atoms with Gasteiger partial charge in [-0.1, -0.05) is 6.07 Å². The quantitative estimate of drug-likeness (QED) is 0.819. The highest BCUT2D eigenvalue weighted by Crippen LogP contribution is 2.25. The van der Waals surface area contributed by atoms with Crippen LogP contribution in [0.2, 0.25) is 0 Å². The van der Waals surface area contributed by atoms with Crippen molar-refractivity contribution in [3.63, 3.8) is 0 Å². The lowest BCUT2D eigenvalue weighted by Crippen LogP contribution is -2.00. The van der Waals surface area contributed by atoms with Crippen LogP contribution < -0.4 is 0 Å². The highest BCUT2D eigenvalue weighted by Gasteiger charge is 2.15. The summed E-state index contributed by atoms with van der Waals surface area (Å²) in [5.41, 5.74) is 1.37. The summed E-state index contributed by atoms with van der Waals surface area (Å²) in [4.78, 5) is 0. The Labute approximate surface area is 87.0 Å². The minimum atomic E-state index is -0.833. The standard InChI is InChI=1S/C12H11FO2/c1-8-7-9(13)4-5-10(8)12(14)11-3-2-6-15-11/h2-7,12,14H,1H3. The second-order valence-electron chi connectivity index (χ2n) is 3.42. The summed E-state index contributed by atoms with van der Waals surface area (Å²) in [7, 11) is 0. The van der Waals surface area contributed by atoms with E-state index in [4.69, 9.17) is 4.42 Å². The van der Waals surface area contributed by atoms with Crippen molar-refractivity contribution < 1.29 is 13.9 Å². The Morgan fingerprint density at radius 3 is 2.73 bits per heavy atom.